The normalized spacial score (nSPS) is 22.3. The molecule has 0 spiro atoms. The Kier molecular flexibility index (Phi) is 2.33. The molecule has 0 amide bonds. The Balaban J connectivity index is 2.16. The molecule has 13 heavy (non-hydrogen) atoms. The summed E-state index contributed by atoms with van der Waals surface area (Å²) >= 11 is 0. The van der Waals surface area contributed by atoms with Crippen LogP contribution >= 0.6 is 0 Å². The van der Waals surface area contributed by atoms with Crippen molar-refractivity contribution in [3.8, 4) is 0 Å². The Morgan fingerprint density at radius 3 is 3.08 bits per heavy atom. The summed E-state index contributed by atoms with van der Waals surface area (Å²) < 4.78 is 11.0. The minimum atomic E-state index is -0.198. The van der Waals surface area contributed by atoms with Gasteiger partial charge in [-0.1, -0.05) is 0 Å². The highest BCUT2D eigenvalue weighted by Crippen LogP contribution is 2.07. The van der Waals surface area contributed by atoms with E-state index in [1.54, 1.807) is 6.20 Å². The van der Waals surface area contributed by atoms with E-state index in [4.69, 9.17) is 9.31 Å². The minimum absolute atomic E-state index is 0.193. The third-order valence-corrected chi connectivity index (χ3v) is 2.03. The van der Waals surface area contributed by atoms with Crippen molar-refractivity contribution in [3.63, 3.8) is 0 Å². The first-order valence-corrected chi connectivity index (χ1v) is 4.45. The van der Waals surface area contributed by atoms with E-state index in [-0.39, 0.29) is 13.2 Å². The molecule has 0 saturated carbocycles. The van der Waals surface area contributed by atoms with E-state index < -0.39 is 0 Å². The van der Waals surface area contributed by atoms with E-state index in [1.807, 2.05) is 26.0 Å². The summed E-state index contributed by atoms with van der Waals surface area (Å²) in [5.41, 5.74) is 2.04. The average molecular weight is 177 g/mol. The highest BCUT2D eigenvalue weighted by atomic mass is 16.6. The van der Waals surface area contributed by atoms with E-state index in [1.165, 1.54) is 0 Å². The van der Waals surface area contributed by atoms with E-state index in [9.17, 15) is 0 Å². The Labute approximate surface area is 78.2 Å². The van der Waals surface area contributed by atoms with Crippen molar-refractivity contribution < 1.29 is 9.31 Å². The van der Waals surface area contributed by atoms with Gasteiger partial charge < -0.3 is 9.31 Å². The fourth-order valence-corrected chi connectivity index (χ4v) is 1.40. The zero-order valence-electron chi connectivity index (χ0n) is 7.86. The molecule has 0 bridgehead atoms. The molecule has 1 fully saturated rings. The Morgan fingerprint density at radius 1 is 1.62 bits per heavy atom. The first kappa shape index (κ1) is 8.72. The van der Waals surface area contributed by atoms with Gasteiger partial charge in [-0.05, 0) is 31.4 Å². The van der Waals surface area contributed by atoms with Gasteiger partial charge in [-0.25, -0.2) is 0 Å². The summed E-state index contributed by atoms with van der Waals surface area (Å²) in [6.07, 6.45) is 1.97. The van der Waals surface area contributed by atoms with Gasteiger partial charge in [-0.2, -0.15) is 0 Å². The van der Waals surface area contributed by atoms with Gasteiger partial charge in [0.15, 0.2) is 0 Å². The van der Waals surface area contributed by atoms with Crippen LogP contribution < -0.4 is 5.46 Å². The van der Waals surface area contributed by atoms with Crippen molar-refractivity contribution in [1.82, 2.24) is 4.98 Å². The molecule has 0 radical (unpaired) electrons. The quantitative estimate of drug-likeness (QED) is 0.586. The molecule has 1 unspecified atom stereocenters. The molecule has 1 atom stereocenters. The predicted molar refractivity (Wildman–Crippen MR) is 50.9 cm³/mol. The Hall–Kier alpha value is -0.865. The molecule has 1 aliphatic rings. The van der Waals surface area contributed by atoms with Crippen LogP contribution in [0.5, 0.6) is 0 Å². The Bertz CT molecular complexity index is 305. The second kappa shape index (κ2) is 3.48. The zero-order chi connectivity index (χ0) is 9.26. The van der Waals surface area contributed by atoms with Gasteiger partial charge in [0.25, 0.3) is 0 Å². The average Bonchev–Trinajstić information content (AvgIpc) is 2.52. The highest BCUT2D eigenvalue weighted by Gasteiger charge is 2.30. The maximum atomic E-state index is 5.55. The molecule has 0 N–H and O–H groups in total. The first-order chi connectivity index (χ1) is 6.25. The summed E-state index contributed by atoms with van der Waals surface area (Å²) in [5, 5.41) is 0. The SMILES string of the molecule is Cc1cc(B2OCC(C)O2)ccn1. The van der Waals surface area contributed by atoms with Crippen molar-refractivity contribution in [2.24, 2.45) is 0 Å². The van der Waals surface area contributed by atoms with Crippen molar-refractivity contribution >= 4 is 12.6 Å². The number of hydrogen-bond acceptors (Lipinski definition) is 3. The van der Waals surface area contributed by atoms with Gasteiger partial charge >= 0.3 is 7.12 Å². The molecule has 68 valence electrons. The van der Waals surface area contributed by atoms with Crippen LogP contribution in [0.3, 0.4) is 0 Å². The van der Waals surface area contributed by atoms with Crippen molar-refractivity contribution in [1.29, 1.82) is 0 Å². The number of aromatic nitrogens is 1. The summed E-state index contributed by atoms with van der Waals surface area (Å²) in [4.78, 5) is 4.12. The van der Waals surface area contributed by atoms with Gasteiger partial charge in [0.1, 0.15) is 0 Å². The van der Waals surface area contributed by atoms with Crippen LogP contribution in [0.4, 0.5) is 0 Å². The van der Waals surface area contributed by atoms with Gasteiger partial charge in [0.05, 0.1) is 12.7 Å². The summed E-state index contributed by atoms with van der Waals surface area (Å²) in [6.45, 7) is 4.64. The second-order valence-corrected chi connectivity index (χ2v) is 3.34. The number of aryl methyl sites for hydroxylation is 1. The van der Waals surface area contributed by atoms with Crippen molar-refractivity contribution in [2.45, 2.75) is 20.0 Å². The minimum Gasteiger partial charge on any atom is -0.405 e. The second-order valence-electron chi connectivity index (χ2n) is 3.34. The maximum Gasteiger partial charge on any atom is 0.494 e. The topological polar surface area (TPSA) is 31.4 Å². The molecular weight excluding hydrogens is 165 g/mol. The van der Waals surface area contributed by atoms with E-state index in [0.717, 1.165) is 11.2 Å². The van der Waals surface area contributed by atoms with Crippen LogP contribution in [-0.4, -0.2) is 24.8 Å². The molecule has 0 aromatic carbocycles. The lowest BCUT2D eigenvalue weighted by atomic mass is 9.80. The van der Waals surface area contributed by atoms with Crippen LogP contribution in [0.25, 0.3) is 0 Å². The first-order valence-electron chi connectivity index (χ1n) is 4.45. The molecule has 0 aliphatic carbocycles. The molecule has 3 nitrogen and oxygen atoms in total. The van der Waals surface area contributed by atoms with Crippen LogP contribution in [0.1, 0.15) is 12.6 Å². The van der Waals surface area contributed by atoms with Crippen molar-refractivity contribution in [3.05, 3.63) is 24.0 Å². The summed E-state index contributed by atoms with van der Waals surface area (Å²) in [6, 6.07) is 3.92. The largest absolute Gasteiger partial charge is 0.494 e. The standard InChI is InChI=1S/C9H12BNO2/c1-7-5-9(3-4-11-7)10-12-6-8(2)13-10/h3-5,8H,6H2,1-2H3. The number of nitrogens with zero attached hydrogens (tertiary/aromatic N) is 1. The molecule has 2 heterocycles. The van der Waals surface area contributed by atoms with E-state index in [2.05, 4.69) is 4.98 Å². The summed E-state index contributed by atoms with van der Waals surface area (Å²) in [5.74, 6) is 0. The van der Waals surface area contributed by atoms with Gasteiger partial charge in [-0.15, -0.1) is 0 Å². The monoisotopic (exact) mass is 177 g/mol. The molecule has 1 aliphatic heterocycles. The zero-order valence-corrected chi connectivity index (χ0v) is 7.86. The predicted octanol–water partition coefficient (Wildman–Crippen LogP) is 0.521. The summed E-state index contributed by atoms with van der Waals surface area (Å²) in [7, 11) is -0.198. The van der Waals surface area contributed by atoms with Crippen LogP contribution in [0, 0.1) is 6.92 Å². The Morgan fingerprint density at radius 2 is 2.46 bits per heavy atom. The smallest absolute Gasteiger partial charge is 0.405 e. The van der Waals surface area contributed by atoms with Gasteiger partial charge in [0, 0.05) is 11.9 Å². The van der Waals surface area contributed by atoms with E-state index >= 15 is 0 Å². The van der Waals surface area contributed by atoms with Crippen LogP contribution in [-0.2, 0) is 9.31 Å². The fourth-order valence-electron chi connectivity index (χ4n) is 1.40. The molecule has 1 saturated heterocycles. The number of pyridine rings is 1. The molecule has 1 aromatic heterocycles. The lowest BCUT2D eigenvalue weighted by Crippen LogP contribution is -2.32. The molecule has 4 heteroatoms. The molecule has 2 rings (SSSR count). The van der Waals surface area contributed by atoms with Crippen LogP contribution in [0.2, 0.25) is 0 Å². The van der Waals surface area contributed by atoms with E-state index in [0.29, 0.717) is 6.61 Å². The van der Waals surface area contributed by atoms with Crippen LogP contribution in [0.15, 0.2) is 18.3 Å². The number of hydrogen-bond donors (Lipinski definition) is 0. The van der Waals surface area contributed by atoms with Gasteiger partial charge in [-0.3, -0.25) is 4.98 Å². The van der Waals surface area contributed by atoms with Crippen molar-refractivity contribution in [2.75, 3.05) is 6.61 Å². The highest BCUT2D eigenvalue weighted by molar-refractivity contribution is 6.61. The number of rotatable bonds is 1. The molecular formula is C9H12BNO2. The fraction of sp³-hybridized carbons (Fsp3) is 0.444. The third-order valence-electron chi connectivity index (χ3n) is 2.03. The molecule has 1 aromatic rings. The lowest BCUT2D eigenvalue weighted by Gasteiger charge is -2.04. The maximum absolute atomic E-state index is 5.55. The third kappa shape index (κ3) is 1.90. The van der Waals surface area contributed by atoms with Gasteiger partial charge in [0.2, 0.25) is 0 Å². The lowest BCUT2D eigenvalue weighted by molar-refractivity contribution is 0.258.